The molecule has 3 heterocycles. The Kier molecular flexibility index (Phi) is 3.11. The van der Waals surface area contributed by atoms with E-state index >= 15 is 0 Å². The molecule has 112 valence electrons. The minimum Gasteiger partial charge on any atom is -0.351 e. The zero-order chi connectivity index (χ0) is 15.3. The average Bonchev–Trinajstić information content (AvgIpc) is 3.09. The molecule has 0 bridgehead atoms. The van der Waals surface area contributed by atoms with Gasteiger partial charge in [-0.25, -0.2) is 4.79 Å². The van der Waals surface area contributed by atoms with E-state index in [1.54, 1.807) is 4.90 Å². The molecule has 1 aromatic heterocycles. The standard InChI is InChI=1S/C15H19N3O3/c1-9-7-11(10(2)16(9)3)13(19)8-18-14(20)12-5-4-6-17(12)15(18)21/h7,12H,4-6,8H2,1-3H3. The van der Waals surface area contributed by atoms with Gasteiger partial charge in [-0.1, -0.05) is 0 Å². The molecule has 2 aliphatic rings. The Balaban J connectivity index is 1.80. The Bertz CT molecular complexity index is 625. The summed E-state index contributed by atoms with van der Waals surface area (Å²) in [6.07, 6.45) is 1.57. The quantitative estimate of drug-likeness (QED) is 0.621. The highest BCUT2D eigenvalue weighted by molar-refractivity contribution is 6.09. The minimum absolute atomic E-state index is 0.158. The summed E-state index contributed by atoms with van der Waals surface area (Å²) in [4.78, 5) is 39.5. The van der Waals surface area contributed by atoms with Crippen LogP contribution in [0.4, 0.5) is 4.79 Å². The van der Waals surface area contributed by atoms with E-state index in [9.17, 15) is 14.4 Å². The van der Waals surface area contributed by atoms with Crippen molar-refractivity contribution in [3.05, 3.63) is 23.0 Å². The van der Waals surface area contributed by atoms with Crippen LogP contribution in [0.2, 0.25) is 0 Å². The number of urea groups is 1. The normalized spacial score (nSPS) is 21.4. The van der Waals surface area contributed by atoms with Gasteiger partial charge in [0.05, 0.1) is 6.54 Å². The molecular weight excluding hydrogens is 270 g/mol. The second-order valence-corrected chi connectivity index (χ2v) is 5.83. The number of carbonyl (C=O) groups is 3. The molecule has 0 aliphatic carbocycles. The van der Waals surface area contributed by atoms with Gasteiger partial charge in [0.25, 0.3) is 5.91 Å². The molecular formula is C15H19N3O3. The number of imide groups is 1. The van der Waals surface area contributed by atoms with E-state index in [1.165, 1.54) is 0 Å². The fourth-order valence-electron chi connectivity index (χ4n) is 3.19. The highest BCUT2D eigenvalue weighted by Gasteiger charge is 2.47. The van der Waals surface area contributed by atoms with E-state index in [0.717, 1.165) is 22.7 Å². The summed E-state index contributed by atoms with van der Waals surface area (Å²) in [5, 5.41) is 0. The topological polar surface area (TPSA) is 62.6 Å². The fourth-order valence-corrected chi connectivity index (χ4v) is 3.19. The van der Waals surface area contributed by atoms with E-state index < -0.39 is 0 Å². The summed E-state index contributed by atoms with van der Waals surface area (Å²) >= 11 is 0. The number of carbonyl (C=O) groups excluding carboxylic acids is 3. The van der Waals surface area contributed by atoms with Crippen molar-refractivity contribution in [3.8, 4) is 0 Å². The Morgan fingerprint density at radius 1 is 1.33 bits per heavy atom. The summed E-state index contributed by atoms with van der Waals surface area (Å²) in [5.74, 6) is -0.407. The van der Waals surface area contributed by atoms with E-state index in [4.69, 9.17) is 0 Å². The lowest BCUT2D eigenvalue weighted by atomic mass is 10.1. The lowest BCUT2D eigenvalue weighted by Crippen LogP contribution is -2.37. The third-order valence-electron chi connectivity index (χ3n) is 4.66. The first-order chi connectivity index (χ1) is 9.91. The van der Waals surface area contributed by atoms with Gasteiger partial charge in [-0.2, -0.15) is 0 Å². The zero-order valence-corrected chi connectivity index (χ0v) is 12.5. The largest absolute Gasteiger partial charge is 0.351 e. The number of nitrogens with zero attached hydrogens (tertiary/aromatic N) is 3. The molecule has 1 atom stereocenters. The molecule has 0 aromatic carbocycles. The van der Waals surface area contributed by atoms with Crippen LogP contribution in [-0.4, -0.2) is 51.2 Å². The number of fused-ring (bicyclic) bond motifs is 1. The third-order valence-corrected chi connectivity index (χ3v) is 4.66. The van der Waals surface area contributed by atoms with Crippen molar-refractivity contribution in [2.45, 2.75) is 32.7 Å². The van der Waals surface area contributed by atoms with Crippen molar-refractivity contribution >= 4 is 17.7 Å². The second kappa shape index (κ2) is 4.72. The molecule has 21 heavy (non-hydrogen) atoms. The SMILES string of the molecule is Cc1cc(C(=O)CN2C(=O)C3CCCN3C2=O)c(C)n1C. The van der Waals surface area contributed by atoms with Gasteiger partial charge in [-0.05, 0) is 32.8 Å². The molecule has 3 amide bonds. The van der Waals surface area contributed by atoms with Crippen LogP contribution in [0.15, 0.2) is 6.07 Å². The van der Waals surface area contributed by atoms with Gasteiger partial charge in [0.1, 0.15) is 6.04 Å². The number of ketones is 1. The molecule has 0 N–H and O–H groups in total. The number of Topliss-reactive ketones (excluding diaryl/α,β-unsaturated/α-hetero) is 1. The van der Waals surface area contributed by atoms with Gasteiger partial charge in [0, 0.05) is 30.5 Å². The first kappa shape index (κ1) is 13.9. The molecule has 3 rings (SSSR count). The first-order valence-electron chi connectivity index (χ1n) is 7.20. The summed E-state index contributed by atoms with van der Waals surface area (Å²) in [6, 6.07) is 1.15. The van der Waals surface area contributed by atoms with Gasteiger partial charge < -0.3 is 9.47 Å². The second-order valence-electron chi connectivity index (χ2n) is 5.83. The molecule has 0 spiro atoms. The van der Waals surface area contributed by atoms with Crippen molar-refractivity contribution in [1.82, 2.24) is 14.4 Å². The maximum atomic E-state index is 12.4. The maximum Gasteiger partial charge on any atom is 0.327 e. The van der Waals surface area contributed by atoms with Crippen LogP contribution >= 0.6 is 0 Å². The molecule has 0 saturated carbocycles. The van der Waals surface area contributed by atoms with E-state index in [2.05, 4.69) is 0 Å². The number of amides is 3. The van der Waals surface area contributed by atoms with Crippen molar-refractivity contribution in [3.63, 3.8) is 0 Å². The Labute approximate surface area is 123 Å². The van der Waals surface area contributed by atoms with Gasteiger partial charge in [-0.15, -0.1) is 0 Å². The molecule has 1 unspecified atom stereocenters. The molecule has 1 aromatic rings. The number of aromatic nitrogens is 1. The van der Waals surface area contributed by atoms with Crippen LogP contribution in [-0.2, 0) is 11.8 Å². The summed E-state index contributed by atoms with van der Waals surface area (Å²) in [5.41, 5.74) is 2.43. The third kappa shape index (κ3) is 1.97. The van der Waals surface area contributed by atoms with E-state index in [-0.39, 0.29) is 30.3 Å². The zero-order valence-electron chi connectivity index (χ0n) is 12.5. The Morgan fingerprint density at radius 3 is 2.62 bits per heavy atom. The van der Waals surface area contributed by atoms with Crippen molar-refractivity contribution in [2.24, 2.45) is 7.05 Å². The average molecular weight is 289 g/mol. The number of aryl methyl sites for hydroxylation is 1. The lowest BCUT2D eigenvalue weighted by Gasteiger charge is -2.14. The Morgan fingerprint density at radius 2 is 2.05 bits per heavy atom. The molecule has 2 saturated heterocycles. The fraction of sp³-hybridized carbons (Fsp3) is 0.533. The van der Waals surface area contributed by atoms with E-state index in [0.29, 0.717) is 18.5 Å². The Hall–Kier alpha value is -2.11. The summed E-state index contributed by atoms with van der Waals surface area (Å²) in [6.45, 7) is 4.25. The number of hydrogen-bond donors (Lipinski definition) is 0. The predicted octanol–water partition coefficient (Wildman–Crippen LogP) is 1.25. The number of rotatable bonds is 3. The van der Waals surface area contributed by atoms with Gasteiger partial charge in [0.2, 0.25) is 0 Å². The van der Waals surface area contributed by atoms with Gasteiger partial charge in [-0.3, -0.25) is 14.5 Å². The van der Waals surface area contributed by atoms with Gasteiger partial charge >= 0.3 is 6.03 Å². The highest BCUT2D eigenvalue weighted by Crippen LogP contribution is 2.27. The summed E-state index contributed by atoms with van der Waals surface area (Å²) < 4.78 is 1.93. The smallest absolute Gasteiger partial charge is 0.327 e. The minimum atomic E-state index is -0.344. The first-order valence-corrected chi connectivity index (χ1v) is 7.20. The van der Waals surface area contributed by atoms with Crippen LogP contribution < -0.4 is 0 Å². The van der Waals surface area contributed by atoms with Crippen LogP contribution in [0.1, 0.15) is 34.6 Å². The molecule has 6 heteroatoms. The number of hydrogen-bond acceptors (Lipinski definition) is 3. The van der Waals surface area contributed by atoms with Crippen LogP contribution in [0.3, 0.4) is 0 Å². The predicted molar refractivity (Wildman–Crippen MR) is 76.1 cm³/mol. The van der Waals surface area contributed by atoms with Crippen molar-refractivity contribution < 1.29 is 14.4 Å². The van der Waals surface area contributed by atoms with Gasteiger partial charge in [0.15, 0.2) is 5.78 Å². The summed E-state index contributed by atoms with van der Waals surface area (Å²) in [7, 11) is 1.89. The van der Waals surface area contributed by atoms with E-state index in [1.807, 2.05) is 31.5 Å². The van der Waals surface area contributed by atoms with Crippen molar-refractivity contribution in [1.29, 1.82) is 0 Å². The van der Waals surface area contributed by atoms with Crippen LogP contribution in [0.25, 0.3) is 0 Å². The van der Waals surface area contributed by atoms with Crippen LogP contribution in [0, 0.1) is 13.8 Å². The highest BCUT2D eigenvalue weighted by atomic mass is 16.2. The molecule has 0 radical (unpaired) electrons. The maximum absolute atomic E-state index is 12.4. The lowest BCUT2D eigenvalue weighted by molar-refractivity contribution is -0.127. The van der Waals surface area contributed by atoms with Crippen LogP contribution in [0.5, 0.6) is 0 Å². The molecule has 2 fully saturated rings. The monoisotopic (exact) mass is 289 g/mol. The molecule has 6 nitrogen and oxygen atoms in total. The molecule has 2 aliphatic heterocycles. The van der Waals surface area contributed by atoms with Crippen molar-refractivity contribution in [2.75, 3.05) is 13.1 Å².